The first-order chi connectivity index (χ1) is 15.2. The van der Waals surface area contributed by atoms with Crippen LogP contribution in [0.3, 0.4) is 0 Å². The number of rotatable bonds is 8. The van der Waals surface area contributed by atoms with Crippen LogP contribution in [0.4, 0.5) is 0 Å². The predicted octanol–water partition coefficient (Wildman–Crippen LogP) is -0.207. The quantitative estimate of drug-likeness (QED) is 0.223. The third-order valence-electron chi connectivity index (χ3n) is 5.30. The van der Waals surface area contributed by atoms with E-state index in [1.54, 1.807) is 48.5 Å². The molecule has 0 bridgehead atoms. The minimum atomic E-state index is -1.33. The molecule has 2 aromatic rings. The molecule has 1 fully saturated rings. The van der Waals surface area contributed by atoms with Crippen LogP contribution < -0.4 is 27.4 Å². The van der Waals surface area contributed by atoms with E-state index in [0.717, 1.165) is 5.56 Å². The third-order valence-corrected chi connectivity index (χ3v) is 5.30. The number of amidine groups is 2. The second-order valence-corrected chi connectivity index (χ2v) is 7.52. The van der Waals surface area contributed by atoms with Gasteiger partial charge in [0.05, 0.1) is 6.54 Å². The van der Waals surface area contributed by atoms with Crippen molar-refractivity contribution >= 4 is 29.4 Å². The van der Waals surface area contributed by atoms with Crippen molar-refractivity contribution in [2.75, 3.05) is 6.54 Å². The van der Waals surface area contributed by atoms with E-state index in [-0.39, 0.29) is 43.5 Å². The summed E-state index contributed by atoms with van der Waals surface area (Å²) in [4.78, 5) is 37.3. The normalized spacial score (nSPS) is 17.3. The van der Waals surface area contributed by atoms with Gasteiger partial charge in [-0.1, -0.05) is 42.5 Å². The molecule has 0 radical (unpaired) electrons. The molecule has 32 heavy (non-hydrogen) atoms. The van der Waals surface area contributed by atoms with E-state index in [4.69, 9.17) is 22.3 Å². The molecule has 3 rings (SSSR count). The zero-order valence-electron chi connectivity index (χ0n) is 17.3. The van der Waals surface area contributed by atoms with Crippen molar-refractivity contribution < 1.29 is 14.4 Å². The molecule has 0 aliphatic carbocycles. The van der Waals surface area contributed by atoms with Gasteiger partial charge in [0.1, 0.15) is 17.2 Å². The zero-order chi connectivity index (χ0) is 23.3. The van der Waals surface area contributed by atoms with Gasteiger partial charge in [0.15, 0.2) is 0 Å². The highest BCUT2D eigenvalue weighted by molar-refractivity contribution is 5.99. The van der Waals surface area contributed by atoms with Crippen LogP contribution in [0.25, 0.3) is 0 Å². The highest BCUT2D eigenvalue weighted by Gasteiger charge is 2.46. The van der Waals surface area contributed by atoms with Gasteiger partial charge in [0.25, 0.3) is 5.91 Å². The summed E-state index contributed by atoms with van der Waals surface area (Å²) in [6.45, 7) is -0.0240. The van der Waals surface area contributed by atoms with Crippen molar-refractivity contribution in [2.45, 2.75) is 24.9 Å². The summed E-state index contributed by atoms with van der Waals surface area (Å²) in [6, 6.07) is 13.5. The Kier molecular flexibility index (Phi) is 6.53. The molecular weight excluding hydrogens is 410 g/mol. The Labute approximate surface area is 184 Å². The van der Waals surface area contributed by atoms with Crippen LogP contribution in [-0.4, -0.2) is 35.9 Å². The number of carbonyl (C=O) groups excluding carboxylic acids is 3. The minimum Gasteiger partial charge on any atom is -0.384 e. The summed E-state index contributed by atoms with van der Waals surface area (Å²) in [5.41, 5.74) is 12.0. The van der Waals surface area contributed by atoms with Gasteiger partial charge in [-0.2, -0.15) is 0 Å². The average Bonchev–Trinajstić information content (AvgIpc) is 3.19. The number of nitrogen functional groups attached to an aromatic ring is 2. The second kappa shape index (κ2) is 9.29. The van der Waals surface area contributed by atoms with Crippen molar-refractivity contribution in [3.05, 3.63) is 70.8 Å². The van der Waals surface area contributed by atoms with Gasteiger partial charge in [0.2, 0.25) is 11.8 Å². The Hall–Kier alpha value is -4.21. The fourth-order valence-electron chi connectivity index (χ4n) is 3.51. The monoisotopic (exact) mass is 435 g/mol. The lowest BCUT2D eigenvalue weighted by Gasteiger charge is -2.28. The molecule has 1 atom stereocenters. The van der Waals surface area contributed by atoms with Crippen LogP contribution in [-0.2, 0) is 26.5 Å². The molecule has 10 heteroatoms. The standard InChI is InChI=1S/C22H25N7O3/c23-19(24)14-6-4-13(5-7-14)11-27-18(31)12-28-21(32)22(9-8-17(30)29-22)16-3-1-2-15(10-16)20(25)26/h1-7,10H,8-9,11-12H2,(H3,23,24)(H3,25,26)(H,27,31)(H,28,32)(H,29,30). The maximum atomic E-state index is 13.1. The Morgan fingerprint density at radius 3 is 2.28 bits per heavy atom. The first-order valence-electron chi connectivity index (χ1n) is 9.95. The molecule has 1 unspecified atom stereocenters. The molecule has 0 spiro atoms. The van der Waals surface area contributed by atoms with Gasteiger partial charge in [-0.3, -0.25) is 25.2 Å². The Bertz CT molecular complexity index is 1080. The lowest BCUT2D eigenvalue weighted by atomic mass is 9.86. The van der Waals surface area contributed by atoms with E-state index >= 15 is 0 Å². The van der Waals surface area contributed by atoms with E-state index in [1.807, 2.05) is 0 Å². The van der Waals surface area contributed by atoms with Crippen LogP contribution in [0.15, 0.2) is 48.5 Å². The molecule has 3 amide bonds. The Morgan fingerprint density at radius 1 is 1.00 bits per heavy atom. The van der Waals surface area contributed by atoms with Crippen molar-refractivity contribution in [1.29, 1.82) is 10.8 Å². The first kappa shape index (κ1) is 22.5. The Morgan fingerprint density at radius 2 is 1.69 bits per heavy atom. The van der Waals surface area contributed by atoms with Gasteiger partial charge in [-0.15, -0.1) is 0 Å². The van der Waals surface area contributed by atoms with Gasteiger partial charge in [-0.05, 0) is 23.6 Å². The summed E-state index contributed by atoms with van der Waals surface area (Å²) in [6.07, 6.45) is 0.392. The summed E-state index contributed by atoms with van der Waals surface area (Å²) in [5, 5.41) is 23.0. The molecule has 166 valence electrons. The second-order valence-electron chi connectivity index (χ2n) is 7.52. The highest BCUT2D eigenvalue weighted by Crippen LogP contribution is 2.32. The van der Waals surface area contributed by atoms with Crippen molar-refractivity contribution in [1.82, 2.24) is 16.0 Å². The largest absolute Gasteiger partial charge is 0.384 e. The lowest BCUT2D eigenvalue weighted by molar-refractivity contribution is -0.132. The SMILES string of the molecule is N=C(N)c1ccc(CNC(=O)CNC(=O)C2(c3cccc(C(=N)N)c3)CCC(=O)N2)cc1. The van der Waals surface area contributed by atoms with Gasteiger partial charge < -0.3 is 27.4 Å². The lowest BCUT2D eigenvalue weighted by Crippen LogP contribution is -2.53. The molecule has 1 aliphatic rings. The van der Waals surface area contributed by atoms with Gasteiger partial charge in [0, 0.05) is 24.1 Å². The van der Waals surface area contributed by atoms with Crippen molar-refractivity contribution in [3.8, 4) is 0 Å². The minimum absolute atomic E-state index is 0.0370. The zero-order valence-corrected chi connectivity index (χ0v) is 17.3. The maximum Gasteiger partial charge on any atom is 0.250 e. The molecule has 1 saturated heterocycles. The summed E-state index contributed by atoms with van der Waals surface area (Å²) in [5.74, 6) is -1.37. The third kappa shape index (κ3) is 4.91. The topological polar surface area (TPSA) is 187 Å². The maximum absolute atomic E-state index is 13.1. The smallest absolute Gasteiger partial charge is 0.250 e. The van der Waals surface area contributed by atoms with Crippen LogP contribution in [0, 0.1) is 10.8 Å². The van der Waals surface area contributed by atoms with Crippen molar-refractivity contribution in [2.24, 2.45) is 11.5 Å². The number of nitrogens with one attached hydrogen (secondary N) is 5. The number of benzene rings is 2. The van der Waals surface area contributed by atoms with E-state index in [1.165, 1.54) is 0 Å². The van der Waals surface area contributed by atoms with Crippen LogP contribution >= 0.6 is 0 Å². The summed E-state index contributed by atoms with van der Waals surface area (Å²) >= 11 is 0. The average molecular weight is 435 g/mol. The fourth-order valence-corrected chi connectivity index (χ4v) is 3.51. The van der Waals surface area contributed by atoms with Crippen LogP contribution in [0.5, 0.6) is 0 Å². The first-order valence-corrected chi connectivity index (χ1v) is 9.95. The number of hydrogen-bond donors (Lipinski definition) is 7. The van der Waals surface area contributed by atoms with Crippen LogP contribution in [0.1, 0.15) is 35.1 Å². The molecule has 10 nitrogen and oxygen atoms in total. The Balaban J connectivity index is 1.64. The molecule has 0 saturated carbocycles. The van der Waals surface area contributed by atoms with Crippen molar-refractivity contribution in [3.63, 3.8) is 0 Å². The van der Waals surface area contributed by atoms with E-state index in [0.29, 0.717) is 16.7 Å². The molecule has 2 aromatic carbocycles. The summed E-state index contributed by atoms with van der Waals surface area (Å²) < 4.78 is 0. The predicted molar refractivity (Wildman–Crippen MR) is 119 cm³/mol. The molecule has 1 heterocycles. The number of hydrogen-bond acceptors (Lipinski definition) is 5. The number of nitrogens with two attached hydrogens (primary N) is 2. The number of amides is 3. The highest BCUT2D eigenvalue weighted by atomic mass is 16.2. The van der Waals surface area contributed by atoms with Gasteiger partial charge in [-0.25, -0.2) is 0 Å². The summed E-state index contributed by atoms with van der Waals surface area (Å²) in [7, 11) is 0. The van der Waals surface area contributed by atoms with E-state index < -0.39 is 17.4 Å². The van der Waals surface area contributed by atoms with Gasteiger partial charge >= 0.3 is 0 Å². The molecule has 1 aliphatic heterocycles. The fraction of sp³-hybridized carbons (Fsp3) is 0.227. The van der Waals surface area contributed by atoms with E-state index in [2.05, 4.69) is 16.0 Å². The molecule has 0 aromatic heterocycles. The molecule has 9 N–H and O–H groups in total. The van der Waals surface area contributed by atoms with Crippen LogP contribution in [0.2, 0.25) is 0 Å². The van der Waals surface area contributed by atoms with E-state index in [9.17, 15) is 14.4 Å². The number of carbonyl (C=O) groups is 3. The molecular formula is C22H25N7O3.